The predicted octanol–water partition coefficient (Wildman–Crippen LogP) is 1.58. The third-order valence-electron chi connectivity index (χ3n) is 2.98. The van der Waals surface area contributed by atoms with Gasteiger partial charge in [0.05, 0.1) is 0 Å². The Balaban J connectivity index is 2.43. The molecule has 3 heteroatoms. The minimum Gasteiger partial charge on any atom is -0.481 e. The van der Waals surface area contributed by atoms with Crippen molar-refractivity contribution in [2.45, 2.75) is 38.6 Å². The summed E-state index contributed by atoms with van der Waals surface area (Å²) in [5.41, 5.74) is 0. The van der Waals surface area contributed by atoms with Crippen molar-refractivity contribution >= 4 is 5.97 Å². The van der Waals surface area contributed by atoms with Crippen molar-refractivity contribution in [3.63, 3.8) is 0 Å². The summed E-state index contributed by atoms with van der Waals surface area (Å²) in [5.74, 6) is -0.394. The number of carbonyl (C=O) groups is 1. The standard InChI is InChI=1S/C10H19NO2/c1-8(7-10(12)13)9-5-3-4-6-11(9)2/h8-9H,3-7H2,1-2H3,(H,12,13). The SMILES string of the molecule is CC(CC(=O)O)C1CCCCN1C. The monoisotopic (exact) mass is 185 g/mol. The molecule has 13 heavy (non-hydrogen) atoms. The van der Waals surface area contributed by atoms with Crippen LogP contribution in [0.5, 0.6) is 0 Å². The fourth-order valence-corrected chi connectivity index (χ4v) is 2.23. The highest BCUT2D eigenvalue weighted by atomic mass is 16.4. The average molecular weight is 185 g/mol. The molecule has 0 amide bonds. The van der Waals surface area contributed by atoms with Crippen LogP contribution < -0.4 is 0 Å². The molecular formula is C10H19NO2. The Kier molecular flexibility index (Phi) is 3.72. The van der Waals surface area contributed by atoms with Crippen molar-refractivity contribution in [3.8, 4) is 0 Å². The summed E-state index contributed by atoms with van der Waals surface area (Å²) in [4.78, 5) is 12.8. The number of carboxylic acid groups (broad SMARTS) is 1. The van der Waals surface area contributed by atoms with Gasteiger partial charge in [0.25, 0.3) is 0 Å². The van der Waals surface area contributed by atoms with E-state index >= 15 is 0 Å². The van der Waals surface area contributed by atoms with E-state index in [0.717, 1.165) is 13.0 Å². The third kappa shape index (κ3) is 2.99. The van der Waals surface area contributed by atoms with E-state index in [-0.39, 0.29) is 5.92 Å². The van der Waals surface area contributed by atoms with Gasteiger partial charge in [-0.1, -0.05) is 13.3 Å². The zero-order valence-electron chi connectivity index (χ0n) is 8.49. The van der Waals surface area contributed by atoms with E-state index in [1.165, 1.54) is 12.8 Å². The van der Waals surface area contributed by atoms with Crippen LogP contribution in [0.15, 0.2) is 0 Å². The summed E-state index contributed by atoms with van der Waals surface area (Å²) >= 11 is 0. The van der Waals surface area contributed by atoms with Crippen molar-refractivity contribution in [2.24, 2.45) is 5.92 Å². The lowest BCUT2D eigenvalue weighted by atomic mass is 9.90. The van der Waals surface area contributed by atoms with E-state index in [2.05, 4.69) is 11.9 Å². The molecule has 2 atom stereocenters. The first-order chi connectivity index (χ1) is 6.11. The second-order valence-electron chi connectivity index (χ2n) is 4.12. The van der Waals surface area contributed by atoms with E-state index in [4.69, 9.17) is 5.11 Å². The first kappa shape index (κ1) is 10.5. The quantitative estimate of drug-likeness (QED) is 0.725. The van der Waals surface area contributed by atoms with Crippen molar-refractivity contribution < 1.29 is 9.90 Å². The summed E-state index contributed by atoms with van der Waals surface area (Å²) in [6.45, 7) is 3.16. The fraction of sp³-hybridized carbons (Fsp3) is 0.900. The molecule has 1 N–H and O–H groups in total. The molecule has 0 aromatic carbocycles. The van der Waals surface area contributed by atoms with Crippen LogP contribution in [-0.2, 0) is 4.79 Å². The molecule has 1 heterocycles. The molecule has 0 spiro atoms. The minimum absolute atomic E-state index is 0.280. The maximum Gasteiger partial charge on any atom is 0.303 e. The molecule has 0 saturated carbocycles. The molecule has 1 aliphatic heterocycles. The zero-order valence-corrected chi connectivity index (χ0v) is 8.49. The summed E-state index contributed by atoms with van der Waals surface area (Å²) in [6.07, 6.45) is 3.96. The smallest absolute Gasteiger partial charge is 0.303 e. The van der Waals surface area contributed by atoms with Gasteiger partial charge in [0.2, 0.25) is 0 Å². The number of rotatable bonds is 3. The number of carboxylic acids is 1. The number of likely N-dealkylation sites (tertiary alicyclic amines) is 1. The highest BCUT2D eigenvalue weighted by Gasteiger charge is 2.25. The largest absolute Gasteiger partial charge is 0.481 e. The number of piperidine rings is 1. The van der Waals surface area contributed by atoms with Gasteiger partial charge in [-0.05, 0) is 32.4 Å². The Bertz CT molecular complexity index is 182. The van der Waals surface area contributed by atoms with E-state index < -0.39 is 5.97 Å². The number of hydrogen-bond acceptors (Lipinski definition) is 2. The van der Waals surface area contributed by atoms with Gasteiger partial charge in [0.1, 0.15) is 0 Å². The van der Waals surface area contributed by atoms with E-state index in [1.54, 1.807) is 0 Å². The van der Waals surface area contributed by atoms with Gasteiger partial charge >= 0.3 is 5.97 Å². The number of hydrogen-bond donors (Lipinski definition) is 1. The highest BCUT2D eigenvalue weighted by Crippen LogP contribution is 2.23. The van der Waals surface area contributed by atoms with Crippen molar-refractivity contribution in [1.82, 2.24) is 4.90 Å². The Hall–Kier alpha value is -0.570. The van der Waals surface area contributed by atoms with Crippen LogP contribution in [0.25, 0.3) is 0 Å². The molecule has 1 saturated heterocycles. The third-order valence-corrected chi connectivity index (χ3v) is 2.98. The Morgan fingerprint density at radius 3 is 2.85 bits per heavy atom. The Morgan fingerprint density at radius 1 is 1.62 bits per heavy atom. The molecule has 0 aromatic heterocycles. The van der Waals surface area contributed by atoms with Gasteiger partial charge in [-0.15, -0.1) is 0 Å². The van der Waals surface area contributed by atoms with Crippen LogP contribution in [0.3, 0.4) is 0 Å². The normalized spacial score (nSPS) is 27.1. The van der Waals surface area contributed by atoms with Crippen molar-refractivity contribution in [1.29, 1.82) is 0 Å². The summed E-state index contributed by atoms with van der Waals surface area (Å²) < 4.78 is 0. The fourth-order valence-electron chi connectivity index (χ4n) is 2.23. The number of nitrogens with zero attached hydrogens (tertiary/aromatic N) is 1. The lowest BCUT2D eigenvalue weighted by Crippen LogP contribution is -2.41. The lowest BCUT2D eigenvalue weighted by Gasteiger charge is -2.36. The molecule has 0 aromatic rings. The van der Waals surface area contributed by atoms with Crippen LogP contribution in [0.1, 0.15) is 32.6 Å². The molecule has 2 unspecified atom stereocenters. The summed E-state index contributed by atoms with van der Waals surface area (Å²) in [7, 11) is 2.10. The van der Waals surface area contributed by atoms with Gasteiger partial charge in [-0.2, -0.15) is 0 Å². The molecule has 0 aliphatic carbocycles. The highest BCUT2D eigenvalue weighted by molar-refractivity contribution is 5.67. The lowest BCUT2D eigenvalue weighted by molar-refractivity contribution is -0.138. The summed E-state index contributed by atoms with van der Waals surface area (Å²) in [6, 6.07) is 0.477. The Morgan fingerprint density at radius 2 is 2.31 bits per heavy atom. The first-order valence-corrected chi connectivity index (χ1v) is 5.03. The second-order valence-corrected chi connectivity index (χ2v) is 4.12. The molecule has 1 rings (SSSR count). The predicted molar refractivity (Wildman–Crippen MR) is 51.7 cm³/mol. The molecular weight excluding hydrogens is 166 g/mol. The maximum atomic E-state index is 10.5. The van der Waals surface area contributed by atoms with Crippen LogP contribution in [0, 0.1) is 5.92 Å². The van der Waals surface area contributed by atoms with Gasteiger partial charge in [-0.25, -0.2) is 0 Å². The van der Waals surface area contributed by atoms with Gasteiger partial charge < -0.3 is 10.0 Å². The van der Waals surface area contributed by atoms with Crippen LogP contribution >= 0.6 is 0 Å². The van der Waals surface area contributed by atoms with E-state index in [0.29, 0.717) is 12.5 Å². The molecule has 0 bridgehead atoms. The minimum atomic E-state index is -0.675. The van der Waals surface area contributed by atoms with Crippen molar-refractivity contribution in [2.75, 3.05) is 13.6 Å². The zero-order chi connectivity index (χ0) is 9.84. The van der Waals surface area contributed by atoms with Gasteiger partial charge in [0, 0.05) is 12.5 Å². The number of aliphatic carboxylic acids is 1. The van der Waals surface area contributed by atoms with Crippen LogP contribution in [0.2, 0.25) is 0 Å². The van der Waals surface area contributed by atoms with Crippen molar-refractivity contribution in [3.05, 3.63) is 0 Å². The van der Waals surface area contributed by atoms with Gasteiger partial charge in [0.15, 0.2) is 0 Å². The topological polar surface area (TPSA) is 40.5 Å². The van der Waals surface area contributed by atoms with Crippen LogP contribution in [0.4, 0.5) is 0 Å². The van der Waals surface area contributed by atoms with Gasteiger partial charge in [-0.3, -0.25) is 4.79 Å². The average Bonchev–Trinajstić information content (AvgIpc) is 2.03. The molecule has 0 radical (unpaired) electrons. The van der Waals surface area contributed by atoms with E-state index in [9.17, 15) is 4.79 Å². The Labute approximate surface area is 79.7 Å². The van der Waals surface area contributed by atoms with Crippen LogP contribution in [-0.4, -0.2) is 35.6 Å². The second kappa shape index (κ2) is 4.61. The molecule has 76 valence electrons. The molecule has 1 fully saturated rings. The summed E-state index contributed by atoms with van der Waals surface area (Å²) in [5, 5.41) is 8.68. The molecule has 3 nitrogen and oxygen atoms in total. The first-order valence-electron chi connectivity index (χ1n) is 5.03. The van der Waals surface area contributed by atoms with E-state index in [1.807, 2.05) is 6.92 Å². The molecule has 1 aliphatic rings. The maximum absolute atomic E-state index is 10.5.